The average Bonchev–Trinajstić information content (AvgIpc) is 2.30. The Labute approximate surface area is 106 Å². The lowest BCUT2D eigenvalue weighted by Crippen LogP contribution is -2.28. The lowest BCUT2D eigenvalue weighted by Gasteiger charge is -2.22. The molecule has 1 rings (SSSR count). The minimum Gasteiger partial charge on any atom is -0.478 e. The molecule has 0 bridgehead atoms. The van der Waals surface area contributed by atoms with Crippen molar-refractivity contribution in [3.8, 4) is 0 Å². The third-order valence-electron chi connectivity index (χ3n) is 2.83. The van der Waals surface area contributed by atoms with Crippen molar-refractivity contribution in [2.45, 2.75) is 27.7 Å². The Morgan fingerprint density at radius 2 is 1.94 bits per heavy atom. The highest BCUT2D eigenvalue weighted by atomic mass is 16.4. The molecule has 0 atom stereocenters. The molecule has 0 aromatic carbocycles. The number of aromatic carboxylic acids is 1. The lowest BCUT2D eigenvalue weighted by molar-refractivity contribution is 0.0696. The minimum atomic E-state index is -1.03. The smallest absolute Gasteiger partial charge is 0.339 e. The molecule has 1 heterocycles. The number of aliphatic hydroxyl groups excluding tert-OH is 1. The zero-order valence-electron chi connectivity index (χ0n) is 11.1. The number of aromatic nitrogens is 2. The number of anilines is 1. The van der Waals surface area contributed by atoms with Gasteiger partial charge < -0.3 is 15.5 Å². The Balaban J connectivity index is 3.03. The van der Waals surface area contributed by atoms with E-state index in [9.17, 15) is 9.90 Å². The largest absolute Gasteiger partial charge is 0.478 e. The van der Waals surface area contributed by atoms with Crippen molar-refractivity contribution >= 4 is 11.8 Å². The second-order valence-electron chi connectivity index (χ2n) is 5.12. The number of nitrogens with one attached hydrogen (secondary N) is 1. The number of hydrogen-bond donors (Lipinski definition) is 3. The molecule has 6 nitrogen and oxygen atoms in total. The zero-order chi connectivity index (χ0) is 13.9. The first-order valence-corrected chi connectivity index (χ1v) is 5.70. The van der Waals surface area contributed by atoms with Gasteiger partial charge in [0.25, 0.3) is 0 Å². The lowest BCUT2D eigenvalue weighted by atomic mass is 9.95. The molecule has 1 aromatic rings. The van der Waals surface area contributed by atoms with Gasteiger partial charge in [-0.25, -0.2) is 4.79 Å². The summed E-state index contributed by atoms with van der Waals surface area (Å²) < 4.78 is 0. The molecule has 0 amide bonds. The highest BCUT2D eigenvalue weighted by Crippen LogP contribution is 2.20. The number of carbonyl (C=O) groups is 1. The van der Waals surface area contributed by atoms with Crippen LogP contribution in [0.4, 0.5) is 5.82 Å². The summed E-state index contributed by atoms with van der Waals surface area (Å²) >= 11 is 0. The fourth-order valence-corrected chi connectivity index (χ4v) is 1.37. The summed E-state index contributed by atoms with van der Waals surface area (Å²) in [5, 5.41) is 29.1. The molecule has 0 unspecified atom stereocenters. The van der Waals surface area contributed by atoms with Crippen molar-refractivity contribution in [3.05, 3.63) is 16.8 Å². The molecular formula is C12H19N3O3. The molecule has 0 spiro atoms. The summed E-state index contributed by atoms with van der Waals surface area (Å²) in [6.07, 6.45) is 0. The first-order valence-electron chi connectivity index (χ1n) is 5.70. The maximum atomic E-state index is 11.2. The van der Waals surface area contributed by atoms with E-state index in [2.05, 4.69) is 15.5 Å². The monoisotopic (exact) mass is 253 g/mol. The minimum absolute atomic E-state index is 0.000671. The first-order chi connectivity index (χ1) is 8.28. The van der Waals surface area contributed by atoms with E-state index in [0.29, 0.717) is 17.8 Å². The number of carboxylic acid groups (broad SMARTS) is 1. The molecule has 0 radical (unpaired) electrons. The molecule has 100 valence electrons. The predicted molar refractivity (Wildman–Crippen MR) is 67.8 cm³/mol. The van der Waals surface area contributed by atoms with Crippen LogP contribution in [0, 0.1) is 19.3 Å². The maximum Gasteiger partial charge on any atom is 0.339 e. The van der Waals surface area contributed by atoms with Gasteiger partial charge in [-0.3, -0.25) is 0 Å². The number of nitrogens with zero attached hydrogens (tertiary/aromatic N) is 2. The van der Waals surface area contributed by atoms with Crippen LogP contribution in [0.1, 0.15) is 35.5 Å². The second kappa shape index (κ2) is 5.30. The standard InChI is InChI=1S/C12H19N3O3/c1-7-8(2)14-15-10(9(7)11(17)18)13-5-12(3,4)6-16/h16H,5-6H2,1-4H3,(H,13,15)(H,17,18). The van der Waals surface area contributed by atoms with Crippen LogP contribution in [0.5, 0.6) is 0 Å². The zero-order valence-corrected chi connectivity index (χ0v) is 11.1. The molecule has 1 aromatic heterocycles. The number of aryl methyl sites for hydroxylation is 1. The van der Waals surface area contributed by atoms with E-state index in [4.69, 9.17) is 5.11 Å². The van der Waals surface area contributed by atoms with Gasteiger partial charge in [0.2, 0.25) is 0 Å². The van der Waals surface area contributed by atoms with E-state index in [-0.39, 0.29) is 23.4 Å². The molecule has 0 fully saturated rings. The maximum absolute atomic E-state index is 11.2. The predicted octanol–water partition coefficient (Wildman–Crippen LogP) is 1.22. The van der Waals surface area contributed by atoms with E-state index in [0.717, 1.165) is 0 Å². The Hall–Kier alpha value is -1.69. The summed E-state index contributed by atoms with van der Waals surface area (Å²) in [5.74, 6) is -0.790. The summed E-state index contributed by atoms with van der Waals surface area (Å²) in [6.45, 7) is 7.58. The van der Waals surface area contributed by atoms with Crippen LogP contribution in [0.25, 0.3) is 0 Å². The fraction of sp³-hybridized carbons (Fsp3) is 0.583. The molecule has 0 aliphatic heterocycles. The van der Waals surface area contributed by atoms with Crippen molar-refractivity contribution in [1.82, 2.24) is 10.2 Å². The van der Waals surface area contributed by atoms with Gasteiger partial charge in [0.15, 0.2) is 5.82 Å². The third kappa shape index (κ3) is 3.16. The molecular weight excluding hydrogens is 234 g/mol. The van der Waals surface area contributed by atoms with Crippen LogP contribution >= 0.6 is 0 Å². The van der Waals surface area contributed by atoms with Crippen molar-refractivity contribution in [3.63, 3.8) is 0 Å². The SMILES string of the molecule is Cc1nnc(NCC(C)(C)CO)c(C(=O)O)c1C. The molecule has 18 heavy (non-hydrogen) atoms. The molecule has 3 N–H and O–H groups in total. The highest BCUT2D eigenvalue weighted by Gasteiger charge is 2.21. The van der Waals surface area contributed by atoms with E-state index >= 15 is 0 Å². The quantitative estimate of drug-likeness (QED) is 0.730. The highest BCUT2D eigenvalue weighted by molar-refractivity contribution is 5.94. The number of rotatable bonds is 5. The van der Waals surface area contributed by atoms with Crippen LogP contribution in [0.2, 0.25) is 0 Å². The topological polar surface area (TPSA) is 95.3 Å². The number of hydrogen-bond acceptors (Lipinski definition) is 5. The Morgan fingerprint density at radius 3 is 2.44 bits per heavy atom. The summed E-state index contributed by atoms with van der Waals surface area (Å²) in [5.41, 5.74) is 0.980. The van der Waals surface area contributed by atoms with Crippen LogP contribution in [0.3, 0.4) is 0 Å². The van der Waals surface area contributed by atoms with Gasteiger partial charge in [0.05, 0.1) is 5.69 Å². The average molecular weight is 253 g/mol. The molecule has 0 saturated carbocycles. The van der Waals surface area contributed by atoms with Crippen LogP contribution in [-0.4, -0.2) is 39.5 Å². The normalized spacial score (nSPS) is 11.4. The first kappa shape index (κ1) is 14.4. The van der Waals surface area contributed by atoms with Gasteiger partial charge in [-0.15, -0.1) is 5.10 Å². The van der Waals surface area contributed by atoms with Crippen molar-refractivity contribution in [2.75, 3.05) is 18.5 Å². The molecule has 6 heteroatoms. The van der Waals surface area contributed by atoms with Gasteiger partial charge in [-0.1, -0.05) is 13.8 Å². The Morgan fingerprint density at radius 1 is 1.33 bits per heavy atom. The van der Waals surface area contributed by atoms with E-state index in [1.807, 2.05) is 13.8 Å². The van der Waals surface area contributed by atoms with Crippen molar-refractivity contribution in [2.24, 2.45) is 5.41 Å². The van der Waals surface area contributed by atoms with Crippen LogP contribution in [0.15, 0.2) is 0 Å². The summed E-state index contributed by atoms with van der Waals surface area (Å²) in [4.78, 5) is 11.2. The van der Waals surface area contributed by atoms with E-state index in [1.54, 1.807) is 13.8 Å². The third-order valence-corrected chi connectivity index (χ3v) is 2.83. The van der Waals surface area contributed by atoms with Gasteiger partial charge >= 0.3 is 5.97 Å². The van der Waals surface area contributed by atoms with Gasteiger partial charge in [0.1, 0.15) is 5.56 Å². The summed E-state index contributed by atoms with van der Waals surface area (Å²) in [7, 11) is 0. The molecule has 0 aliphatic rings. The Kier molecular flexibility index (Phi) is 4.24. The second-order valence-corrected chi connectivity index (χ2v) is 5.12. The van der Waals surface area contributed by atoms with Crippen LogP contribution < -0.4 is 5.32 Å². The molecule has 0 aliphatic carbocycles. The van der Waals surface area contributed by atoms with Crippen molar-refractivity contribution in [1.29, 1.82) is 0 Å². The van der Waals surface area contributed by atoms with Crippen LogP contribution in [-0.2, 0) is 0 Å². The van der Waals surface area contributed by atoms with Gasteiger partial charge in [-0.05, 0) is 19.4 Å². The number of aliphatic hydroxyl groups is 1. The van der Waals surface area contributed by atoms with Gasteiger partial charge in [-0.2, -0.15) is 5.10 Å². The van der Waals surface area contributed by atoms with Crippen molar-refractivity contribution < 1.29 is 15.0 Å². The van der Waals surface area contributed by atoms with E-state index in [1.165, 1.54) is 0 Å². The van der Waals surface area contributed by atoms with Gasteiger partial charge in [0, 0.05) is 18.6 Å². The number of carboxylic acids is 1. The fourth-order valence-electron chi connectivity index (χ4n) is 1.37. The van der Waals surface area contributed by atoms with E-state index < -0.39 is 5.97 Å². The Bertz CT molecular complexity index is 458. The molecule has 0 saturated heterocycles. The summed E-state index contributed by atoms with van der Waals surface area (Å²) in [6, 6.07) is 0.